The number of thioether (sulfide) groups is 1. The minimum absolute atomic E-state index is 0.0174. The average Bonchev–Trinajstić information content (AvgIpc) is 2.60. The van der Waals surface area contributed by atoms with E-state index in [-0.39, 0.29) is 5.56 Å². The van der Waals surface area contributed by atoms with Gasteiger partial charge in [-0.15, -0.1) is 0 Å². The summed E-state index contributed by atoms with van der Waals surface area (Å²) in [5.41, 5.74) is 1.72. The Morgan fingerprint density at radius 1 is 1.16 bits per heavy atom. The third-order valence-electron chi connectivity index (χ3n) is 3.93. The van der Waals surface area contributed by atoms with Gasteiger partial charge in [-0.1, -0.05) is 66.5 Å². The van der Waals surface area contributed by atoms with Crippen LogP contribution in [0, 0.1) is 0 Å². The number of fused-ring (bicyclic) bond motifs is 1. The smallest absolute Gasteiger partial charge is 0.262 e. The number of rotatable bonds is 6. The number of hydrogen-bond donors (Lipinski definition) is 0. The van der Waals surface area contributed by atoms with Crippen LogP contribution in [0.5, 0.6) is 0 Å². The van der Waals surface area contributed by atoms with Gasteiger partial charge in [-0.25, -0.2) is 4.98 Å². The van der Waals surface area contributed by atoms with Crippen molar-refractivity contribution in [1.29, 1.82) is 0 Å². The molecule has 0 aliphatic rings. The van der Waals surface area contributed by atoms with Crippen molar-refractivity contribution in [3.63, 3.8) is 0 Å². The van der Waals surface area contributed by atoms with E-state index in [9.17, 15) is 4.79 Å². The average molecular weight is 393 g/mol. The highest BCUT2D eigenvalue weighted by Gasteiger charge is 2.12. The molecule has 0 amide bonds. The van der Waals surface area contributed by atoms with E-state index >= 15 is 0 Å². The molecule has 0 spiro atoms. The summed E-state index contributed by atoms with van der Waals surface area (Å²) >= 11 is 13.7. The molecule has 0 aliphatic heterocycles. The summed E-state index contributed by atoms with van der Waals surface area (Å²) in [5, 5.41) is 2.63. The van der Waals surface area contributed by atoms with Gasteiger partial charge in [0.1, 0.15) is 0 Å². The Bertz CT molecular complexity index is 956. The molecular weight excluding hydrogens is 375 g/mol. The maximum atomic E-state index is 12.8. The van der Waals surface area contributed by atoms with Crippen molar-refractivity contribution in [3.05, 3.63) is 68.4 Å². The van der Waals surface area contributed by atoms with E-state index in [1.807, 2.05) is 36.4 Å². The van der Waals surface area contributed by atoms with Crippen LogP contribution in [-0.4, -0.2) is 9.55 Å². The summed E-state index contributed by atoms with van der Waals surface area (Å²) in [4.78, 5) is 17.6. The first-order valence-electron chi connectivity index (χ1n) is 8.16. The zero-order valence-corrected chi connectivity index (χ0v) is 16.2. The zero-order valence-electron chi connectivity index (χ0n) is 13.8. The van der Waals surface area contributed by atoms with E-state index < -0.39 is 0 Å². The SMILES string of the molecule is CCCCn1c(SCc2ccc(Cl)cc2Cl)nc2ccccc2c1=O. The van der Waals surface area contributed by atoms with E-state index in [0.717, 1.165) is 29.1 Å². The molecule has 0 bridgehead atoms. The molecule has 25 heavy (non-hydrogen) atoms. The maximum Gasteiger partial charge on any atom is 0.262 e. The Hall–Kier alpha value is -1.49. The molecule has 0 N–H and O–H groups in total. The van der Waals surface area contributed by atoms with Gasteiger partial charge in [0.15, 0.2) is 5.16 Å². The number of para-hydroxylation sites is 1. The minimum Gasteiger partial charge on any atom is -0.287 e. The lowest BCUT2D eigenvalue weighted by molar-refractivity contribution is 0.557. The fourth-order valence-electron chi connectivity index (χ4n) is 2.55. The van der Waals surface area contributed by atoms with Crippen LogP contribution in [0.2, 0.25) is 10.0 Å². The van der Waals surface area contributed by atoms with Crippen molar-refractivity contribution in [1.82, 2.24) is 9.55 Å². The summed E-state index contributed by atoms with van der Waals surface area (Å²) < 4.78 is 1.78. The van der Waals surface area contributed by atoms with E-state index in [1.165, 1.54) is 11.8 Å². The first-order valence-corrected chi connectivity index (χ1v) is 9.90. The summed E-state index contributed by atoms with van der Waals surface area (Å²) in [7, 11) is 0. The summed E-state index contributed by atoms with van der Waals surface area (Å²) in [5.74, 6) is 0.632. The second-order valence-corrected chi connectivity index (χ2v) is 7.53. The Kier molecular flexibility index (Phi) is 6.05. The fourth-order valence-corrected chi connectivity index (χ4v) is 4.14. The molecule has 0 radical (unpaired) electrons. The van der Waals surface area contributed by atoms with Gasteiger partial charge in [0.2, 0.25) is 0 Å². The lowest BCUT2D eigenvalue weighted by atomic mass is 10.2. The summed E-state index contributed by atoms with van der Waals surface area (Å²) in [6, 6.07) is 12.9. The van der Waals surface area contributed by atoms with Gasteiger partial charge >= 0.3 is 0 Å². The number of unbranched alkanes of at least 4 members (excludes halogenated alkanes) is 1. The van der Waals surface area contributed by atoms with Crippen LogP contribution in [0.15, 0.2) is 52.4 Å². The molecule has 3 aromatic rings. The van der Waals surface area contributed by atoms with Gasteiger partial charge in [0, 0.05) is 22.3 Å². The van der Waals surface area contributed by atoms with E-state index in [2.05, 4.69) is 6.92 Å². The lowest BCUT2D eigenvalue weighted by Crippen LogP contribution is -2.23. The minimum atomic E-state index is 0.0174. The quantitative estimate of drug-likeness (QED) is 0.392. The molecule has 1 heterocycles. The van der Waals surface area contributed by atoms with E-state index in [4.69, 9.17) is 28.2 Å². The highest BCUT2D eigenvalue weighted by molar-refractivity contribution is 7.98. The Balaban J connectivity index is 1.97. The molecule has 0 saturated heterocycles. The van der Waals surface area contributed by atoms with Crippen LogP contribution in [0.4, 0.5) is 0 Å². The van der Waals surface area contributed by atoms with Crippen LogP contribution in [0.3, 0.4) is 0 Å². The number of hydrogen-bond acceptors (Lipinski definition) is 3. The highest BCUT2D eigenvalue weighted by Crippen LogP contribution is 2.28. The predicted molar refractivity (Wildman–Crippen MR) is 107 cm³/mol. The third-order valence-corrected chi connectivity index (χ3v) is 5.55. The molecule has 130 valence electrons. The predicted octanol–water partition coefficient (Wildman–Crippen LogP) is 5.80. The topological polar surface area (TPSA) is 34.9 Å². The van der Waals surface area contributed by atoms with E-state index in [1.54, 1.807) is 10.6 Å². The molecule has 0 fully saturated rings. The number of nitrogens with zero attached hydrogens (tertiary/aromatic N) is 2. The number of halogens is 2. The van der Waals surface area contributed by atoms with Gasteiger partial charge in [0.05, 0.1) is 10.9 Å². The van der Waals surface area contributed by atoms with Crippen LogP contribution in [0.25, 0.3) is 10.9 Å². The van der Waals surface area contributed by atoms with Gasteiger partial charge in [-0.05, 0) is 36.2 Å². The van der Waals surface area contributed by atoms with Gasteiger partial charge in [-0.2, -0.15) is 0 Å². The van der Waals surface area contributed by atoms with Crippen LogP contribution >= 0.6 is 35.0 Å². The first-order chi connectivity index (χ1) is 12.1. The Morgan fingerprint density at radius 2 is 1.96 bits per heavy atom. The second kappa shape index (κ2) is 8.26. The van der Waals surface area contributed by atoms with Crippen LogP contribution in [0.1, 0.15) is 25.3 Å². The van der Waals surface area contributed by atoms with Crippen molar-refractivity contribution >= 4 is 45.9 Å². The molecule has 3 rings (SSSR count). The summed E-state index contributed by atoms with van der Waals surface area (Å²) in [6.07, 6.45) is 1.96. The maximum absolute atomic E-state index is 12.8. The Labute approximate surface area is 161 Å². The standard InChI is InChI=1S/C19H18Cl2N2OS/c1-2-3-10-23-18(24)15-6-4-5-7-17(15)22-19(23)25-12-13-8-9-14(20)11-16(13)21/h4-9,11H,2-3,10,12H2,1H3. The Morgan fingerprint density at radius 3 is 2.72 bits per heavy atom. The second-order valence-electron chi connectivity index (χ2n) is 5.75. The molecule has 0 saturated carbocycles. The molecule has 3 nitrogen and oxygen atoms in total. The zero-order chi connectivity index (χ0) is 17.8. The third kappa shape index (κ3) is 4.20. The molecule has 2 aromatic carbocycles. The van der Waals surface area contributed by atoms with E-state index in [0.29, 0.717) is 27.7 Å². The number of aromatic nitrogens is 2. The molecule has 1 aromatic heterocycles. The molecule has 6 heteroatoms. The molecule has 0 unspecified atom stereocenters. The first kappa shape index (κ1) is 18.3. The van der Waals surface area contributed by atoms with Crippen LogP contribution in [-0.2, 0) is 12.3 Å². The largest absolute Gasteiger partial charge is 0.287 e. The van der Waals surface area contributed by atoms with Crippen molar-refractivity contribution in [3.8, 4) is 0 Å². The normalized spacial score (nSPS) is 11.2. The number of benzene rings is 2. The molecular formula is C19H18Cl2N2OS. The highest BCUT2D eigenvalue weighted by atomic mass is 35.5. The van der Waals surface area contributed by atoms with Gasteiger partial charge in [0.25, 0.3) is 5.56 Å². The lowest BCUT2D eigenvalue weighted by Gasteiger charge is -2.13. The van der Waals surface area contributed by atoms with Crippen molar-refractivity contribution < 1.29 is 0 Å². The van der Waals surface area contributed by atoms with Crippen molar-refractivity contribution in [2.75, 3.05) is 0 Å². The van der Waals surface area contributed by atoms with Crippen molar-refractivity contribution in [2.45, 2.75) is 37.2 Å². The van der Waals surface area contributed by atoms with Gasteiger partial charge in [-0.3, -0.25) is 9.36 Å². The monoisotopic (exact) mass is 392 g/mol. The fraction of sp³-hybridized carbons (Fsp3) is 0.263. The van der Waals surface area contributed by atoms with Crippen molar-refractivity contribution in [2.24, 2.45) is 0 Å². The van der Waals surface area contributed by atoms with Gasteiger partial charge < -0.3 is 0 Å². The molecule has 0 atom stereocenters. The summed E-state index contributed by atoms with van der Waals surface area (Å²) in [6.45, 7) is 2.78. The molecule has 0 aliphatic carbocycles. The van der Waals surface area contributed by atoms with Crippen LogP contribution < -0.4 is 5.56 Å².